The largest absolute Gasteiger partial charge is 0.357 e. The fourth-order valence-electron chi connectivity index (χ4n) is 1.70. The maximum atomic E-state index is 11.8. The Bertz CT molecular complexity index is 476. The topological polar surface area (TPSA) is 82.3 Å². The van der Waals surface area contributed by atoms with Gasteiger partial charge in [0.05, 0.1) is 0 Å². The molecule has 0 bridgehead atoms. The predicted molar refractivity (Wildman–Crippen MR) is 79.6 cm³/mol. The van der Waals surface area contributed by atoms with Crippen LogP contribution < -0.4 is 21.3 Å². The molecule has 0 saturated heterocycles. The van der Waals surface area contributed by atoms with Crippen LogP contribution in [0.4, 0.5) is 10.5 Å². The molecular formula is C14H22N4O2. The molecule has 0 spiro atoms. The van der Waals surface area contributed by atoms with E-state index in [0.29, 0.717) is 5.69 Å². The molecule has 4 N–H and O–H groups in total. The maximum Gasteiger partial charge on any atom is 0.319 e. The average molecular weight is 278 g/mol. The van der Waals surface area contributed by atoms with Crippen molar-refractivity contribution in [2.24, 2.45) is 0 Å². The van der Waals surface area contributed by atoms with Crippen LogP contribution >= 0.6 is 0 Å². The monoisotopic (exact) mass is 278 g/mol. The number of anilines is 1. The maximum absolute atomic E-state index is 11.8. The molecular weight excluding hydrogens is 256 g/mol. The lowest BCUT2D eigenvalue weighted by Crippen LogP contribution is -2.45. The van der Waals surface area contributed by atoms with Crippen molar-refractivity contribution in [1.82, 2.24) is 16.0 Å². The third-order valence-electron chi connectivity index (χ3n) is 3.06. The molecule has 6 heteroatoms. The highest BCUT2D eigenvalue weighted by atomic mass is 16.2. The predicted octanol–water partition coefficient (Wildman–Crippen LogP) is 1.22. The fraction of sp³-hybridized carbons (Fsp3) is 0.429. The molecule has 2 unspecified atom stereocenters. The molecule has 0 fully saturated rings. The number of urea groups is 1. The van der Waals surface area contributed by atoms with Crippen LogP contribution in [0.2, 0.25) is 0 Å². The first-order valence-corrected chi connectivity index (χ1v) is 6.54. The molecule has 0 aliphatic rings. The minimum atomic E-state index is -0.584. The third kappa shape index (κ3) is 4.55. The molecule has 110 valence electrons. The number of carbonyl (C=O) groups is 2. The Morgan fingerprint density at radius 1 is 1.15 bits per heavy atom. The number of likely N-dealkylation sites (N-methyl/N-ethyl adjacent to an activating group) is 1. The van der Waals surface area contributed by atoms with Gasteiger partial charge in [0.2, 0.25) is 5.91 Å². The van der Waals surface area contributed by atoms with E-state index >= 15 is 0 Å². The van der Waals surface area contributed by atoms with Crippen molar-refractivity contribution in [2.45, 2.75) is 25.9 Å². The molecule has 1 rings (SSSR count). The Morgan fingerprint density at radius 2 is 1.85 bits per heavy atom. The van der Waals surface area contributed by atoms with Gasteiger partial charge in [-0.1, -0.05) is 12.1 Å². The highest BCUT2D eigenvalue weighted by Crippen LogP contribution is 2.16. The van der Waals surface area contributed by atoms with E-state index in [9.17, 15) is 9.59 Å². The third-order valence-corrected chi connectivity index (χ3v) is 3.06. The van der Waals surface area contributed by atoms with Gasteiger partial charge in [-0.05, 0) is 38.6 Å². The number of amides is 3. The Hall–Kier alpha value is -2.08. The van der Waals surface area contributed by atoms with E-state index in [0.717, 1.165) is 5.56 Å². The second-order valence-electron chi connectivity index (χ2n) is 4.57. The smallest absolute Gasteiger partial charge is 0.319 e. The lowest BCUT2D eigenvalue weighted by molar-refractivity contribution is -0.122. The van der Waals surface area contributed by atoms with Gasteiger partial charge >= 0.3 is 6.03 Å². The fourth-order valence-corrected chi connectivity index (χ4v) is 1.70. The van der Waals surface area contributed by atoms with E-state index in [1.54, 1.807) is 13.0 Å². The standard InChI is InChI=1S/C14H22N4O2/c1-9(15-3)11-6-5-7-12(8-11)18-14(20)17-10(2)13(19)16-4/h5-10,15H,1-4H3,(H,16,19)(H2,17,18,20). The Morgan fingerprint density at radius 3 is 2.45 bits per heavy atom. The molecule has 0 aliphatic carbocycles. The molecule has 1 aromatic carbocycles. The molecule has 3 amide bonds. The van der Waals surface area contributed by atoms with E-state index in [1.807, 2.05) is 32.2 Å². The Labute approximate surface area is 119 Å². The van der Waals surface area contributed by atoms with Crippen molar-refractivity contribution in [3.05, 3.63) is 29.8 Å². The number of benzene rings is 1. The number of rotatable bonds is 5. The second-order valence-corrected chi connectivity index (χ2v) is 4.57. The van der Waals surface area contributed by atoms with Crippen LogP contribution in [0.15, 0.2) is 24.3 Å². The van der Waals surface area contributed by atoms with Crippen LogP contribution in [0, 0.1) is 0 Å². The van der Waals surface area contributed by atoms with Gasteiger partial charge in [0, 0.05) is 18.8 Å². The van der Waals surface area contributed by atoms with Gasteiger partial charge < -0.3 is 21.3 Å². The van der Waals surface area contributed by atoms with Gasteiger partial charge in [-0.2, -0.15) is 0 Å². The zero-order chi connectivity index (χ0) is 15.1. The lowest BCUT2D eigenvalue weighted by atomic mass is 10.1. The molecule has 0 saturated carbocycles. The summed E-state index contributed by atoms with van der Waals surface area (Å²) in [5.41, 5.74) is 1.76. The zero-order valence-corrected chi connectivity index (χ0v) is 12.3. The highest BCUT2D eigenvalue weighted by molar-refractivity contribution is 5.93. The van der Waals surface area contributed by atoms with Crippen LogP contribution in [0.3, 0.4) is 0 Å². The van der Waals surface area contributed by atoms with Crippen LogP contribution in [-0.2, 0) is 4.79 Å². The van der Waals surface area contributed by atoms with Crippen LogP contribution in [-0.4, -0.2) is 32.1 Å². The summed E-state index contributed by atoms with van der Waals surface area (Å²) in [4.78, 5) is 23.1. The molecule has 1 aromatic rings. The number of nitrogens with one attached hydrogen (secondary N) is 4. The van der Waals surface area contributed by atoms with Gasteiger partial charge in [-0.3, -0.25) is 4.79 Å². The van der Waals surface area contributed by atoms with Gasteiger partial charge in [-0.25, -0.2) is 4.79 Å². The molecule has 0 aliphatic heterocycles. The van der Waals surface area contributed by atoms with E-state index in [4.69, 9.17) is 0 Å². The van der Waals surface area contributed by atoms with Gasteiger partial charge in [0.25, 0.3) is 0 Å². The van der Waals surface area contributed by atoms with Gasteiger partial charge in [-0.15, -0.1) is 0 Å². The summed E-state index contributed by atoms with van der Waals surface area (Å²) in [7, 11) is 3.41. The summed E-state index contributed by atoms with van der Waals surface area (Å²) < 4.78 is 0. The van der Waals surface area contributed by atoms with Crippen molar-refractivity contribution >= 4 is 17.6 Å². The lowest BCUT2D eigenvalue weighted by Gasteiger charge is -2.15. The first-order valence-electron chi connectivity index (χ1n) is 6.54. The number of carbonyl (C=O) groups excluding carboxylic acids is 2. The van der Waals surface area contributed by atoms with Gasteiger partial charge in [0.15, 0.2) is 0 Å². The second kappa shape index (κ2) is 7.49. The summed E-state index contributed by atoms with van der Waals surface area (Å²) >= 11 is 0. The molecule has 0 aromatic heterocycles. The summed E-state index contributed by atoms with van der Waals surface area (Å²) in [5, 5.41) is 10.9. The van der Waals surface area contributed by atoms with Crippen molar-refractivity contribution in [1.29, 1.82) is 0 Å². The van der Waals surface area contributed by atoms with Crippen molar-refractivity contribution in [2.75, 3.05) is 19.4 Å². The first kappa shape index (κ1) is 16.0. The van der Waals surface area contributed by atoms with Crippen molar-refractivity contribution in [3.8, 4) is 0 Å². The van der Waals surface area contributed by atoms with Crippen LogP contribution in [0.25, 0.3) is 0 Å². The minimum absolute atomic E-state index is 0.199. The van der Waals surface area contributed by atoms with E-state index in [2.05, 4.69) is 21.3 Å². The summed E-state index contributed by atoms with van der Waals surface area (Å²) in [6, 6.07) is 6.76. The molecule has 6 nitrogen and oxygen atoms in total. The Balaban J connectivity index is 2.64. The summed E-state index contributed by atoms with van der Waals surface area (Å²) in [5.74, 6) is -0.238. The quantitative estimate of drug-likeness (QED) is 0.653. The van der Waals surface area contributed by atoms with Crippen LogP contribution in [0.1, 0.15) is 25.5 Å². The highest BCUT2D eigenvalue weighted by Gasteiger charge is 2.14. The van der Waals surface area contributed by atoms with E-state index in [1.165, 1.54) is 7.05 Å². The normalized spacial score (nSPS) is 13.2. The Kier molecular flexibility index (Phi) is 5.99. The summed E-state index contributed by atoms with van der Waals surface area (Å²) in [6.45, 7) is 3.66. The molecule has 0 heterocycles. The first-order chi connectivity index (χ1) is 9.47. The van der Waals surface area contributed by atoms with E-state index < -0.39 is 12.1 Å². The molecule has 20 heavy (non-hydrogen) atoms. The van der Waals surface area contributed by atoms with Gasteiger partial charge in [0.1, 0.15) is 6.04 Å². The average Bonchev–Trinajstić information content (AvgIpc) is 2.45. The van der Waals surface area contributed by atoms with Crippen molar-refractivity contribution < 1.29 is 9.59 Å². The zero-order valence-electron chi connectivity index (χ0n) is 12.3. The summed E-state index contributed by atoms with van der Waals surface area (Å²) in [6.07, 6.45) is 0. The molecule has 2 atom stereocenters. The minimum Gasteiger partial charge on any atom is -0.357 e. The SMILES string of the molecule is CNC(=O)C(C)NC(=O)Nc1cccc(C(C)NC)c1. The number of hydrogen-bond acceptors (Lipinski definition) is 3. The molecule has 0 radical (unpaired) electrons. The van der Waals surface area contributed by atoms with E-state index in [-0.39, 0.29) is 11.9 Å². The van der Waals surface area contributed by atoms with Crippen LogP contribution in [0.5, 0.6) is 0 Å². The van der Waals surface area contributed by atoms with Crippen molar-refractivity contribution in [3.63, 3.8) is 0 Å². The number of hydrogen-bond donors (Lipinski definition) is 4.